The topological polar surface area (TPSA) is 95.2 Å². The predicted octanol–water partition coefficient (Wildman–Crippen LogP) is 6.36. The summed E-state index contributed by atoms with van der Waals surface area (Å²) < 4.78 is 0. The number of hydrogen-bond acceptors (Lipinski definition) is 0. The molecule has 0 aromatic rings. The Balaban J connectivity index is 0.000000250. The molecule has 120 valence electrons. The molecule has 0 saturated heterocycles. The van der Waals surface area contributed by atoms with Crippen molar-refractivity contribution in [2.75, 3.05) is 0 Å². The third kappa shape index (κ3) is 11.7. The molecule has 0 aliphatic heterocycles. The molecule has 0 amide bonds. The van der Waals surface area contributed by atoms with Crippen LogP contribution in [0.5, 0.6) is 0 Å². The van der Waals surface area contributed by atoms with Gasteiger partial charge in [-0.15, -0.1) is 24.2 Å². The van der Waals surface area contributed by atoms with E-state index >= 15 is 0 Å². The Morgan fingerprint density at radius 2 is 0.476 bits per heavy atom. The van der Waals surface area contributed by atoms with Gasteiger partial charge in [0, 0.05) is 0 Å². The summed E-state index contributed by atoms with van der Waals surface area (Å²) in [5.74, 6) is 0. The van der Waals surface area contributed by atoms with Crippen LogP contribution in [0.25, 0.3) is 22.9 Å². The first kappa shape index (κ1) is 21.6. The molecule has 0 radical (unpaired) electrons. The maximum atomic E-state index is 6.91. The van der Waals surface area contributed by atoms with E-state index in [9.17, 15) is 0 Å². The Morgan fingerprint density at radius 1 is 0.381 bits per heavy atom. The molecule has 0 bridgehead atoms. The first-order chi connectivity index (χ1) is 9.58. The standard InChI is InChI=1S/4C4H8N.Ti/c4*5-4-2-1-3-4;/h4*4-5H,1-3H2;/q4*-1;+4. The number of hydrogen-bond donors (Lipinski definition) is 0. The Hall–Kier alpha value is 0.554. The van der Waals surface area contributed by atoms with E-state index in [2.05, 4.69) is 0 Å². The summed E-state index contributed by atoms with van der Waals surface area (Å²) in [6.07, 6.45) is 14.4. The van der Waals surface area contributed by atoms with Crippen molar-refractivity contribution in [1.29, 1.82) is 0 Å². The third-order valence-corrected chi connectivity index (χ3v) is 4.42. The van der Waals surface area contributed by atoms with Gasteiger partial charge in [0.05, 0.1) is 0 Å². The molecule has 4 aliphatic carbocycles. The number of nitrogens with one attached hydrogen (secondary N) is 4. The molecule has 5 heteroatoms. The molecular weight excluding hydrogens is 296 g/mol. The molecule has 0 atom stereocenters. The second kappa shape index (κ2) is 13.0. The molecule has 4 fully saturated rings. The van der Waals surface area contributed by atoms with Crippen molar-refractivity contribution in [2.45, 2.75) is 101 Å². The largest absolute Gasteiger partial charge is 4.00 e. The summed E-state index contributed by atoms with van der Waals surface area (Å²) in [7, 11) is 0. The molecule has 4 rings (SSSR count). The normalized spacial score (nSPS) is 24.6. The molecule has 0 aromatic heterocycles. The second-order valence-electron chi connectivity index (χ2n) is 6.51. The van der Waals surface area contributed by atoms with Crippen LogP contribution in [0.1, 0.15) is 77.0 Å². The summed E-state index contributed by atoms with van der Waals surface area (Å²) in [4.78, 5) is 0. The van der Waals surface area contributed by atoms with Crippen LogP contribution in [0.4, 0.5) is 0 Å². The van der Waals surface area contributed by atoms with Crippen molar-refractivity contribution in [3.8, 4) is 0 Å². The molecule has 0 unspecified atom stereocenters. The summed E-state index contributed by atoms with van der Waals surface area (Å²) in [5.41, 5.74) is 27.7. The van der Waals surface area contributed by atoms with Crippen molar-refractivity contribution in [1.82, 2.24) is 0 Å². The minimum atomic E-state index is 0. The van der Waals surface area contributed by atoms with E-state index in [1.54, 1.807) is 0 Å². The summed E-state index contributed by atoms with van der Waals surface area (Å²) in [6, 6.07) is 1.26. The van der Waals surface area contributed by atoms with E-state index in [1.165, 1.54) is 25.7 Å². The molecule has 21 heavy (non-hydrogen) atoms. The van der Waals surface area contributed by atoms with Crippen LogP contribution in [0.15, 0.2) is 0 Å². The predicted molar refractivity (Wildman–Crippen MR) is 87.8 cm³/mol. The van der Waals surface area contributed by atoms with Crippen LogP contribution in [-0.4, -0.2) is 24.2 Å². The first-order valence-corrected chi connectivity index (χ1v) is 8.42. The zero-order valence-electron chi connectivity index (χ0n) is 13.3. The molecule has 4 saturated carbocycles. The zero-order valence-corrected chi connectivity index (χ0v) is 14.9. The van der Waals surface area contributed by atoms with E-state index < -0.39 is 0 Å². The van der Waals surface area contributed by atoms with Crippen LogP contribution >= 0.6 is 0 Å². The van der Waals surface area contributed by atoms with Crippen LogP contribution in [-0.2, 0) is 21.7 Å². The van der Waals surface area contributed by atoms with Crippen LogP contribution in [0.3, 0.4) is 0 Å². The third-order valence-electron chi connectivity index (χ3n) is 4.42. The van der Waals surface area contributed by atoms with Gasteiger partial charge in [-0.1, -0.05) is 77.0 Å². The quantitative estimate of drug-likeness (QED) is 0.462. The van der Waals surface area contributed by atoms with E-state index in [0.717, 1.165) is 51.4 Å². The van der Waals surface area contributed by atoms with Gasteiger partial charge in [0.1, 0.15) is 0 Å². The summed E-state index contributed by atoms with van der Waals surface area (Å²) in [6.45, 7) is 0. The van der Waals surface area contributed by atoms with Crippen LogP contribution in [0.2, 0.25) is 0 Å². The molecular formula is C16H32N4Ti. The van der Waals surface area contributed by atoms with Crippen molar-refractivity contribution >= 4 is 0 Å². The number of rotatable bonds is 0. The zero-order chi connectivity index (χ0) is 14.8. The average Bonchev–Trinajstić information content (AvgIpc) is 2.31. The Kier molecular flexibility index (Phi) is 13.4. The SMILES string of the molecule is [NH-]C1CCC1.[NH-]C1CCC1.[NH-]C1CCC1.[NH-]C1CCC1.[Ti+4]. The van der Waals surface area contributed by atoms with Gasteiger partial charge in [-0.3, -0.25) is 0 Å². The first-order valence-electron chi connectivity index (χ1n) is 8.42. The van der Waals surface area contributed by atoms with E-state index in [1.807, 2.05) is 0 Å². The van der Waals surface area contributed by atoms with Gasteiger partial charge < -0.3 is 22.9 Å². The monoisotopic (exact) mass is 328 g/mol. The van der Waals surface area contributed by atoms with Gasteiger partial charge in [0.25, 0.3) is 0 Å². The molecule has 0 spiro atoms. The Morgan fingerprint density at radius 3 is 0.476 bits per heavy atom. The molecule has 4 N–H and O–H groups in total. The van der Waals surface area contributed by atoms with E-state index in [4.69, 9.17) is 22.9 Å². The van der Waals surface area contributed by atoms with Gasteiger partial charge in [-0.05, 0) is 0 Å². The molecule has 0 aromatic carbocycles. The van der Waals surface area contributed by atoms with Crippen molar-refractivity contribution < 1.29 is 21.7 Å². The van der Waals surface area contributed by atoms with Crippen molar-refractivity contribution in [3.05, 3.63) is 22.9 Å². The summed E-state index contributed by atoms with van der Waals surface area (Å²) >= 11 is 0. The smallest absolute Gasteiger partial charge is 0.675 e. The van der Waals surface area contributed by atoms with E-state index in [0.29, 0.717) is 24.2 Å². The van der Waals surface area contributed by atoms with Gasteiger partial charge in [0.15, 0.2) is 0 Å². The van der Waals surface area contributed by atoms with E-state index in [-0.39, 0.29) is 21.7 Å². The van der Waals surface area contributed by atoms with Crippen LogP contribution < -0.4 is 0 Å². The van der Waals surface area contributed by atoms with Crippen LogP contribution in [0, 0.1) is 0 Å². The second-order valence-corrected chi connectivity index (χ2v) is 6.51. The molecule has 4 aliphatic rings. The summed E-state index contributed by atoms with van der Waals surface area (Å²) in [5, 5.41) is 0. The maximum absolute atomic E-state index is 6.91. The average molecular weight is 328 g/mol. The maximum Gasteiger partial charge on any atom is 4.00 e. The van der Waals surface area contributed by atoms with Gasteiger partial charge in [-0.25, -0.2) is 0 Å². The fourth-order valence-electron chi connectivity index (χ4n) is 1.63. The fraction of sp³-hybridized carbons (Fsp3) is 1.00. The minimum absolute atomic E-state index is 0. The fourth-order valence-corrected chi connectivity index (χ4v) is 1.63. The van der Waals surface area contributed by atoms with Crippen molar-refractivity contribution in [2.24, 2.45) is 0 Å². The Labute approximate surface area is 146 Å². The molecule has 0 heterocycles. The van der Waals surface area contributed by atoms with Gasteiger partial charge >= 0.3 is 21.7 Å². The van der Waals surface area contributed by atoms with Gasteiger partial charge in [0.2, 0.25) is 0 Å². The Bertz CT molecular complexity index is 176. The molecule has 4 nitrogen and oxygen atoms in total. The minimum Gasteiger partial charge on any atom is -0.675 e. The van der Waals surface area contributed by atoms with Gasteiger partial charge in [-0.2, -0.15) is 0 Å². The van der Waals surface area contributed by atoms with Crippen molar-refractivity contribution in [3.63, 3.8) is 0 Å².